The molecule has 0 aliphatic carbocycles. The van der Waals surface area contributed by atoms with Gasteiger partial charge in [-0.2, -0.15) is 0 Å². The standard InChI is InChI=1S/C12H16N2O5/c1-9(7-15)6-13-12(16)8-19-11-4-2-3-10(5-11)14(17)18/h2-5,9,15H,6-8H2,1H3,(H,13,16). The van der Waals surface area contributed by atoms with Gasteiger partial charge < -0.3 is 15.2 Å². The highest BCUT2D eigenvalue weighted by atomic mass is 16.6. The third-order valence-corrected chi connectivity index (χ3v) is 2.36. The monoisotopic (exact) mass is 268 g/mol. The van der Waals surface area contributed by atoms with Gasteiger partial charge in [-0.05, 0) is 12.0 Å². The Morgan fingerprint density at radius 3 is 2.95 bits per heavy atom. The molecule has 1 unspecified atom stereocenters. The van der Waals surface area contributed by atoms with Crippen molar-refractivity contribution in [2.75, 3.05) is 19.8 Å². The molecular formula is C12H16N2O5. The summed E-state index contributed by atoms with van der Waals surface area (Å²) < 4.78 is 5.15. The molecule has 7 nitrogen and oxygen atoms in total. The predicted octanol–water partition coefficient (Wildman–Crippen LogP) is 0.718. The lowest BCUT2D eigenvalue weighted by Crippen LogP contribution is -2.33. The number of aliphatic hydroxyl groups excluding tert-OH is 1. The molecule has 0 spiro atoms. The first-order valence-corrected chi connectivity index (χ1v) is 5.77. The van der Waals surface area contributed by atoms with Gasteiger partial charge in [-0.15, -0.1) is 0 Å². The molecule has 0 saturated carbocycles. The Morgan fingerprint density at radius 1 is 1.58 bits per heavy atom. The highest BCUT2D eigenvalue weighted by molar-refractivity contribution is 5.77. The summed E-state index contributed by atoms with van der Waals surface area (Å²) in [5.41, 5.74) is -0.0909. The van der Waals surface area contributed by atoms with Crippen LogP contribution >= 0.6 is 0 Å². The zero-order chi connectivity index (χ0) is 14.3. The van der Waals surface area contributed by atoms with Crippen LogP contribution in [0.3, 0.4) is 0 Å². The van der Waals surface area contributed by atoms with Crippen molar-refractivity contribution in [3.63, 3.8) is 0 Å². The van der Waals surface area contributed by atoms with Crippen LogP contribution < -0.4 is 10.1 Å². The zero-order valence-electron chi connectivity index (χ0n) is 10.5. The van der Waals surface area contributed by atoms with E-state index < -0.39 is 4.92 Å². The first-order chi connectivity index (χ1) is 9.02. The summed E-state index contributed by atoms with van der Waals surface area (Å²) in [6, 6.07) is 5.62. The van der Waals surface area contributed by atoms with Crippen molar-refractivity contribution in [3.8, 4) is 5.75 Å². The summed E-state index contributed by atoms with van der Waals surface area (Å²) in [6.07, 6.45) is 0. The van der Waals surface area contributed by atoms with Crippen molar-refractivity contribution in [1.82, 2.24) is 5.32 Å². The van der Waals surface area contributed by atoms with Gasteiger partial charge in [-0.1, -0.05) is 13.0 Å². The number of ether oxygens (including phenoxy) is 1. The second kappa shape index (κ2) is 7.32. The number of hydrogen-bond donors (Lipinski definition) is 2. The van der Waals surface area contributed by atoms with Gasteiger partial charge in [0.05, 0.1) is 11.0 Å². The minimum atomic E-state index is -0.532. The molecule has 104 valence electrons. The van der Waals surface area contributed by atoms with Crippen LogP contribution in [-0.2, 0) is 4.79 Å². The molecule has 2 N–H and O–H groups in total. The molecule has 19 heavy (non-hydrogen) atoms. The molecule has 0 radical (unpaired) electrons. The SMILES string of the molecule is CC(CO)CNC(=O)COc1cccc([N+](=O)[O-])c1. The molecule has 0 saturated heterocycles. The lowest BCUT2D eigenvalue weighted by molar-refractivity contribution is -0.384. The van der Waals surface area contributed by atoms with Crippen molar-refractivity contribution in [3.05, 3.63) is 34.4 Å². The van der Waals surface area contributed by atoms with Gasteiger partial charge in [0.25, 0.3) is 11.6 Å². The van der Waals surface area contributed by atoms with Crippen LogP contribution in [0.4, 0.5) is 5.69 Å². The number of nitro benzene ring substituents is 1. The Hall–Kier alpha value is -2.15. The molecule has 1 atom stereocenters. The van der Waals surface area contributed by atoms with E-state index in [4.69, 9.17) is 9.84 Å². The number of nitrogens with zero attached hydrogens (tertiary/aromatic N) is 1. The fourth-order valence-corrected chi connectivity index (χ4v) is 1.24. The summed E-state index contributed by atoms with van der Waals surface area (Å²) >= 11 is 0. The van der Waals surface area contributed by atoms with Gasteiger partial charge >= 0.3 is 0 Å². The van der Waals surface area contributed by atoms with Crippen LogP contribution in [0.5, 0.6) is 5.75 Å². The fraction of sp³-hybridized carbons (Fsp3) is 0.417. The Labute approximate surface area is 110 Å². The van der Waals surface area contributed by atoms with Crippen molar-refractivity contribution in [2.24, 2.45) is 5.92 Å². The van der Waals surface area contributed by atoms with Crippen LogP contribution in [0.15, 0.2) is 24.3 Å². The number of carbonyl (C=O) groups excluding carboxylic acids is 1. The number of aliphatic hydroxyl groups is 1. The van der Waals surface area contributed by atoms with E-state index in [9.17, 15) is 14.9 Å². The molecule has 0 aliphatic rings. The Balaban J connectivity index is 2.42. The van der Waals surface area contributed by atoms with Crippen LogP contribution in [0.25, 0.3) is 0 Å². The minimum Gasteiger partial charge on any atom is -0.484 e. The normalized spacial score (nSPS) is 11.7. The Kier molecular flexibility index (Phi) is 5.74. The maximum atomic E-state index is 11.4. The second-order valence-electron chi connectivity index (χ2n) is 4.13. The molecule has 0 fully saturated rings. The van der Waals surface area contributed by atoms with E-state index in [0.717, 1.165) is 0 Å². The number of nitro groups is 1. The zero-order valence-corrected chi connectivity index (χ0v) is 10.5. The number of rotatable bonds is 7. The van der Waals surface area contributed by atoms with Crippen molar-refractivity contribution < 1.29 is 19.6 Å². The van der Waals surface area contributed by atoms with Gasteiger partial charge in [-0.3, -0.25) is 14.9 Å². The second-order valence-corrected chi connectivity index (χ2v) is 4.13. The summed E-state index contributed by atoms with van der Waals surface area (Å²) in [6.45, 7) is 1.92. The van der Waals surface area contributed by atoms with Gasteiger partial charge in [0.2, 0.25) is 0 Å². The van der Waals surface area contributed by atoms with Crippen molar-refractivity contribution >= 4 is 11.6 Å². The maximum Gasteiger partial charge on any atom is 0.273 e. The molecule has 0 bridgehead atoms. The maximum absolute atomic E-state index is 11.4. The van der Waals surface area contributed by atoms with Crippen LogP contribution in [0.2, 0.25) is 0 Å². The van der Waals surface area contributed by atoms with E-state index in [1.807, 2.05) is 0 Å². The number of non-ortho nitro benzene ring substituents is 1. The van der Waals surface area contributed by atoms with Gasteiger partial charge in [0, 0.05) is 19.2 Å². The Bertz CT molecular complexity index is 450. The molecule has 1 aromatic rings. The highest BCUT2D eigenvalue weighted by Gasteiger charge is 2.08. The van der Waals surface area contributed by atoms with E-state index in [2.05, 4.69) is 5.32 Å². The Morgan fingerprint density at radius 2 is 2.32 bits per heavy atom. The topological polar surface area (TPSA) is 102 Å². The lowest BCUT2D eigenvalue weighted by atomic mass is 10.2. The van der Waals surface area contributed by atoms with E-state index in [0.29, 0.717) is 6.54 Å². The summed E-state index contributed by atoms with van der Waals surface area (Å²) in [7, 11) is 0. The number of benzene rings is 1. The van der Waals surface area contributed by atoms with Gasteiger partial charge in [0.15, 0.2) is 6.61 Å². The molecule has 0 aliphatic heterocycles. The summed E-state index contributed by atoms with van der Waals surface area (Å²) in [5.74, 6) is -0.104. The first-order valence-electron chi connectivity index (χ1n) is 5.77. The van der Waals surface area contributed by atoms with Crippen molar-refractivity contribution in [2.45, 2.75) is 6.92 Å². The van der Waals surface area contributed by atoms with E-state index in [-0.39, 0.29) is 36.5 Å². The first kappa shape index (κ1) is 14.9. The number of nitrogens with one attached hydrogen (secondary N) is 1. The average molecular weight is 268 g/mol. The largest absolute Gasteiger partial charge is 0.484 e. The van der Waals surface area contributed by atoms with E-state index >= 15 is 0 Å². The third-order valence-electron chi connectivity index (χ3n) is 2.36. The van der Waals surface area contributed by atoms with Gasteiger partial charge in [0.1, 0.15) is 5.75 Å². The average Bonchev–Trinajstić information content (AvgIpc) is 2.42. The molecule has 7 heteroatoms. The molecule has 0 heterocycles. The molecule has 0 aromatic heterocycles. The predicted molar refractivity (Wildman–Crippen MR) is 67.9 cm³/mol. The van der Waals surface area contributed by atoms with Crippen molar-refractivity contribution in [1.29, 1.82) is 0 Å². The van der Waals surface area contributed by atoms with Crippen LogP contribution in [-0.4, -0.2) is 35.7 Å². The lowest BCUT2D eigenvalue weighted by Gasteiger charge is -2.10. The van der Waals surface area contributed by atoms with Gasteiger partial charge in [-0.25, -0.2) is 0 Å². The number of amides is 1. The fourth-order valence-electron chi connectivity index (χ4n) is 1.24. The minimum absolute atomic E-state index is 0.00792. The molecule has 1 aromatic carbocycles. The quantitative estimate of drug-likeness (QED) is 0.560. The summed E-state index contributed by atoms with van der Waals surface area (Å²) in [4.78, 5) is 21.4. The van der Waals surface area contributed by atoms with Crippen LogP contribution in [0.1, 0.15) is 6.92 Å². The molecule has 1 rings (SSSR count). The molecule has 1 amide bonds. The highest BCUT2D eigenvalue weighted by Crippen LogP contribution is 2.18. The molecular weight excluding hydrogens is 252 g/mol. The summed E-state index contributed by atoms with van der Waals surface area (Å²) in [5, 5.41) is 21.9. The van der Waals surface area contributed by atoms with Crippen LogP contribution in [0, 0.1) is 16.0 Å². The smallest absolute Gasteiger partial charge is 0.273 e. The van der Waals surface area contributed by atoms with E-state index in [1.165, 1.54) is 24.3 Å². The number of carbonyl (C=O) groups is 1. The van der Waals surface area contributed by atoms with E-state index in [1.54, 1.807) is 6.92 Å². The number of hydrogen-bond acceptors (Lipinski definition) is 5. The third kappa shape index (κ3) is 5.35.